The Balaban J connectivity index is 1.73. The summed E-state index contributed by atoms with van der Waals surface area (Å²) in [4.78, 5) is 14.5. The SMILES string of the molecule is O=C(Nc1ccc(CBr)cc1)c1cc2c(s1)CCCC2. The lowest BCUT2D eigenvalue weighted by Crippen LogP contribution is -2.10. The topological polar surface area (TPSA) is 29.1 Å². The van der Waals surface area contributed by atoms with E-state index >= 15 is 0 Å². The van der Waals surface area contributed by atoms with Crippen molar-refractivity contribution in [3.8, 4) is 0 Å². The van der Waals surface area contributed by atoms with Gasteiger partial charge in [-0.3, -0.25) is 4.79 Å². The number of carbonyl (C=O) groups excluding carboxylic acids is 1. The van der Waals surface area contributed by atoms with Crippen molar-refractivity contribution in [2.75, 3.05) is 5.32 Å². The van der Waals surface area contributed by atoms with Crippen molar-refractivity contribution in [3.63, 3.8) is 0 Å². The fourth-order valence-electron chi connectivity index (χ4n) is 2.47. The Hall–Kier alpha value is -1.13. The Morgan fingerprint density at radius 1 is 1.20 bits per heavy atom. The van der Waals surface area contributed by atoms with Crippen LogP contribution in [0.1, 0.15) is 38.5 Å². The van der Waals surface area contributed by atoms with Crippen LogP contribution in [0.15, 0.2) is 30.3 Å². The predicted octanol–water partition coefficient (Wildman–Crippen LogP) is 4.77. The molecule has 1 amide bonds. The summed E-state index contributed by atoms with van der Waals surface area (Å²) in [6, 6.07) is 10.00. The fraction of sp³-hybridized carbons (Fsp3) is 0.312. The van der Waals surface area contributed by atoms with Crippen molar-refractivity contribution in [2.45, 2.75) is 31.0 Å². The van der Waals surface area contributed by atoms with Crippen LogP contribution < -0.4 is 5.32 Å². The van der Waals surface area contributed by atoms with E-state index in [1.54, 1.807) is 11.3 Å². The number of fused-ring (bicyclic) bond motifs is 1. The first-order valence-corrected chi connectivity index (χ1v) is 8.78. The number of hydrogen-bond donors (Lipinski definition) is 1. The Bertz CT molecular complexity index is 594. The van der Waals surface area contributed by atoms with Gasteiger partial charge in [-0.15, -0.1) is 11.3 Å². The quantitative estimate of drug-likeness (QED) is 0.794. The monoisotopic (exact) mass is 349 g/mol. The molecule has 104 valence electrons. The standard InChI is InChI=1S/C16H16BrNOS/c17-10-11-5-7-13(8-6-11)18-16(19)15-9-12-3-1-2-4-14(12)20-15/h5-9H,1-4,10H2,(H,18,19). The van der Waals surface area contributed by atoms with Crippen molar-refractivity contribution in [3.05, 3.63) is 51.2 Å². The molecule has 3 rings (SSSR count). The zero-order valence-electron chi connectivity index (χ0n) is 11.1. The molecule has 1 aliphatic rings. The number of benzene rings is 1. The molecule has 0 spiro atoms. The van der Waals surface area contributed by atoms with Gasteiger partial charge in [-0.05, 0) is 55.0 Å². The number of amides is 1. The molecule has 2 nitrogen and oxygen atoms in total. The lowest BCUT2D eigenvalue weighted by molar-refractivity contribution is 0.103. The molecule has 20 heavy (non-hydrogen) atoms. The van der Waals surface area contributed by atoms with Gasteiger partial charge in [-0.25, -0.2) is 0 Å². The average Bonchev–Trinajstić information content (AvgIpc) is 2.92. The molecule has 0 saturated carbocycles. The lowest BCUT2D eigenvalue weighted by atomic mass is 9.99. The van der Waals surface area contributed by atoms with E-state index in [0.717, 1.165) is 28.7 Å². The second kappa shape index (κ2) is 6.10. The Labute approximate surface area is 131 Å². The van der Waals surface area contributed by atoms with Gasteiger partial charge in [-0.2, -0.15) is 0 Å². The summed E-state index contributed by atoms with van der Waals surface area (Å²) >= 11 is 5.07. The minimum Gasteiger partial charge on any atom is -0.321 e. The highest BCUT2D eigenvalue weighted by Crippen LogP contribution is 2.30. The fourth-order valence-corrected chi connectivity index (χ4v) is 4.00. The molecule has 1 heterocycles. The van der Waals surface area contributed by atoms with E-state index in [9.17, 15) is 4.79 Å². The molecule has 1 aliphatic carbocycles. The lowest BCUT2D eigenvalue weighted by Gasteiger charge is -2.08. The molecule has 0 aliphatic heterocycles. The molecule has 0 radical (unpaired) electrons. The molecule has 4 heteroatoms. The molecule has 0 unspecified atom stereocenters. The van der Waals surface area contributed by atoms with Gasteiger partial charge in [0.1, 0.15) is 0 Å². The van der Waals surface area contributed by atoms with Crippen LogP contribution in [0.25, 0.3) is 0 Å². The molecule has 0 fully saturated rings. The zero-order chi connectivity index (χ0) is 13.9. The second-order valence-electron chi connectivity index (χ2n) is 5.05. The molecular weight excluding hydrogens is 334 g/mol. The van der Waals surface area contributed by atoms with E-state index in [1.807, 2.05) is 24.3 Å². The number of anilines is 1. The van der Waals surface area contributed by atoms with Crippen LogP contribution in [0, 0.1) is 0 Å². The van der Waals surface area contributed by atoms with Crippen LogP contribution >= 0.6 is 27.3 Å². The summed E-state index contributed by atoms with van der Waals surface area (Å²) in [5.41, 5.74) is 3.43. The number of halogens is 1. The van der Waals surface area contributed by atoms with Gasteiger partial charge >= 0.3 is 0 Å². The highest BCUT2D eigenvalue weighted by Gasteiger charge is 2.17. The maximum absolute atomic E-state index is 12.3. The van der Waals surface area contributed by atoms with Crippen LogP contribution in [-0.4, -0.2) is 5.91 Å². The zero-order valence-corrected chi connectivity index (χ0v) is 13.5. The summed E-state index contributed by atoms with van der Waals surface area (Å²) in [5, 5.41) is 3.81. The second-order valence-corrected chi connectivity index (χ2v) is 6.75. The van der Waals surface area contributed by atoms with E-state index in [2.05, 4.69) is 27.3 Å². The van der Waals surface area contributed by atoms with E-state index in [-0.39, 0.29) is 5.91 Å². The van der Waals surface area contributed by atoms with E-state index in [4.69, 9.17) is 0 Å². The number of thiophene rings is 1. The van der Waals surface area contributed by atoms with Gasteiger partial charge in [0.2, 0.25) is 0 Å². The van der Waals surface area contributed by atoms with Crippen molar-refractivity contribution in [1.29, 1.82) is 0 Å². The average molecular weight is 350 g/mol. The summed E-state index contributed by atoms with van der Waals surface area (Å²) in [6.07, 6.45) is 4.76. The largest absolute Gasteiger partial charge is 0.321 e. The first-order valence-electron chi connectivity index (χ1n) is 6.84. The minimum atomic E-state index is 0.0102. The predicted molar refractivity (Wildman–Crippen MR) is 88.0 cm³/mol. The first kappa shape index (κ1) is 13.8. The highest BCUT2D eigenvalue weighted by molar-refractivity contribution is 9.08. The summed E-state index contributed by atoms with van der Waals surface area (Å²) in [7, 11) is 0. The molecular formula is C16H16BrNOS. The van der Waals surface area contributed by atoms with E-state index in [1.165, 1.54) is 28.8 Å². The van der Waals surface area contributed by atoms with Gasteiger partial charge in [-0.1, -0.05) is 28.1 Å². The van der Waals surface area contributed by atoms with Crippen LogP contribution in [0.2, 0.25) is 0 Å². The molecule has 0 atom stereocenters. The molecule has 2 aromatic rings. The summed E-state index contributed by atoms with van der Waals surface area (Å²) < 4.78 is 0. The normalized spacial score (nSPS) is 13.8. The van der Waals surface area contributed by atoms with Crippen molar-refractivity contribution >= 4 is 38.9 Å². The number of hydrogen-bond acceptors (Lipinski definition) is 2. The van der Waals surface area contributed by atoms with Gasteiger partial charge in [0.15, 0.2) is 0 Å². The maximum atomic E-state index is 12.3. The number of rotatable bonds is 3. The number of aryl methyl sites for hydroxylation is 2. The number of carbonyl (C=O) groups is 1. The minimum absolute atomic E-state index is 0.0102. The molecule has 0 saturated heterocycles. The highest BCUT2D eigenvalue weighted by atomic mass is 79.9. The third-order valence-corrected chi connectivity index (χ3v) is 5.47. The van der Waals surface area contributed by atoms with Gasteiger partial charge in [0.05, 0.1) is 4.88 Å². The Kier molecular flexibility index (Phi) is 4.22. The molecule has 1 N–H and O–H groups in total. The number of alkyl halides is 1. The van der Waals surface area contributed by atoms with Crippen LogP contribution in [0.5, 0.6) is 0 Å². The number of nitrogens with one attached hydrogen (secondary N) is 1. The molecule has 0 bridgehead atoms. The van der Waals surface area contributed by atoms with Crippen LogP contribution in [0.4, 0.5) is 5.69 Å². The first-order chi connectivity index (χ1) is 9.76. The Morgan fingerprint density at radius 2 is 1.95 bits per heavy atom. The third-order valence-electron chi connectivity index (χ3n) is 3.59. The van der Waals surface area contributed by atoms with Gasteiger partial charge in [0, 0.05) is 15.9 Å². The van der Waals surface area contributed by atoms with Crippen molar-refractivity contribution < 1.29 is 4.79 Å². The molecule has 1 aromatic heterocycles. The van der Waals surface area contributed by atoms with Crippen molar-refractivity contribution in [2.24, 2.45) is 0 Å². The van der Waals surface area contributed by atoms with Crippen LogP contribution in [0.3, 0.4) is 0 Å². The Morgan fingerprint density at radius 3 is 2.65 bits per heavy atom. The van der Waals surface area contributed by atoms with E-state index < -0.39 is 0 Å². The van der Waals surface area contributed by atoms with E-state index in [0.29, 0.717) is 0 Å². The third kappa shape index (κ3) is 2.96. The van der Waals surface area contributed by atoms with Gasteiger partial charge in [0.25, 0.3) is 5.91 Å². The molecule has 1 aromatic carbocycles. The van der Waals surface area contributed by atoms with Gasteiger partial charge < -0.3 is 5.32 Å². The summed E-state index contributed by atoms with van der Waals surface area (Å²) in [6.45, 7) is 0. The maximum Gasteiger partial charge on any atom is 0.265 e. The summed E-state index contributed by atoms with van der Waals surface area (Å²) in [5.74, 6) is 0.0102. The van der Waals surface area contributed by atoms with Crippen LogP contribution in [-0.2, 0) is 18.2 Å². The van der Waals surface area contributed by atoms with Crippen molar-refractivity contribution in [1.82, 2.24) is 0 Å². The smallest absolute Gasteiger partial charge is 0.265 e.